The van der Waals surface area contributed by atoms with Crippen LogP contribution < -0.4 is 0 Å². The second-order valence-electron chi connectivity index (χ2n) is 2.60. The van der Waals surface area contributed by atoms with E-state index in [9.17, 15) is 4.57 Å². The molecule has 0 aromatic carbocycles. The van der Waals surface area contributed by atoms with Gasteiger partial charge in [-0.05, 0) is 12.8 Å². The van der Waals surface area contributed by atoms with Crippen LogP contribution in [0.5, 0.6) is 0 Å². The SMILES string of the molecule is CCCCO[P+](=O)OCCCC.Cl. The molecule has 0 bridgehead atoms. The van der Waals surface area contributed by atoms with E-state index in [1.54, 1.807) is 0 Å². The molecule has 5 heteroatoms. The lowest BCUT2D eigenvalue weighted by Gasteiger charge is -1.89. The van der Waals surface area contributed by atoms with E-state index in [1.807, 2.05) is 0 Å². The zero-order valence-electron chi connectivity index (χ0n) is 8.32. The van der Waals surface area contributed by atoms with Crippen molar-refractivity contribution in [3.8, 4) is 0 Å². The molecule has 0 aromatic heterocycles. The lowest BCUT2D eigenvalue weighted by molar-refractivity contribution is 0.221. The van der Waals surface area contributed by atoms with Gasteiger partial charge in [-0.15, -0.1) is 21.5 Å². The molecule has 0 spiro atoms. The van der Waals surface area contributed by atoms with Crippen LogP contribution in [0, 0.1) is 0 Å². The summed E-state index contributed by atoms with van der Waals surface area (Å²) in [6.45, 7) is 5.21. The molecule has 0 aliphatic carbocycles. The maximum Gasteiger partial charge on any atom is 0.697 e. The molecule has 13 heavy (non-hydrogen) atoms. The van der Waals surface area contributed by atoms with Gasteiger partial charge in [0.1, 0.15) is 13.2 Å². The van der Waals surface area contributed by atoms with Crippen molar-refractivity contribution in [3.05, 3.63) is 0 Å². The Bertz CT molecular complexity index is 110. The second kappa shape index (κ2) is 12.3. The molecular weight excluding hydrogens is 211 g/mol. The largest absolute Gasteiger partial charge is 0.697 e. The molecule has 0 N–H and O–H groups in total. The molecule has 0 rings (SSSR count). The van der Waals surface area contributed by atoms with Crippen LogP contribution in [0.4, 0.5) is 0 Å². The van der Waals surface area contributed by atoms with Crippen LogP contribution in [0.25, 0.3) is 0 Å². The van der Waals surface area contributed by atoms with Crippen molar-refractivity contribution in [1.82, 2.24) is 0 Å². The highest BCUT2D eigenvalue weighted by atomic mass is 35.5. The fraction of sp³-hybridized carbons (Fsp3) is 1.00. The van der Waals surface area contributed by atoms with Gasteiger partial charge < -0.3 is 0 Å². The lowest BCUT2D eigenvalue weighted by Crippen LogP contribution is -1.90. The molecule has 0 aliphatic heterocycles. The monoisotopic (exact) mass is 229 g/mol. The number of unbranched alkanes of at least 4 members (excludes halogenated alkanes) is 2. The molecule has 0 saturated carbocycles. The van der Waals surface area contributed by atoms with E-state index < -0.39 is 8.25 Å². The lowest BCUT2D eigenvalue weighted by atomic mass is 10.4. The molecule has 0 unspecified atom stereocenters. The number of hydrogen-bond acceptors (Lipinski definition) is 3. The smallest absolute Gasteiger partial charge is 0.147 e. The summed E-state index contributed by atoms with van der Waals surface area (Å²) < 4.78 is 20.7. The highest BCUT2D eigenvalue weighted by Crippen LogP contribution is 2.24. The summed E-state index contributed by atoms with van der Waals surface area (Å²) in [6.07, 6.45) is 3.99. The summed E-state index contributed by atoms with van der Waals surface area (Å²) in [5.41, 5.74) is 0. The zero-order valence-corrected chi connectivity index (χ0v) is 10.0. The van der Waals surface area contributed by atoms with E-state index in [2.05, 4.69) is 13.8 Å². The third-order valence-corrected chi connectivity index (χ3v) is 2.18. The van der Waals surface area contributed by atoms with Crippen LogP contribution in [-0.2, 0) is 13.6 Å². The quantitative estimate of drug-likeness (QED) is 0.470. The van der Waals surface area contributed by atoms with Crippen molar-refractivity contribution in [2.75, 3.05) is 13.2 Å². The Hall–Kier alpha value is 0.310. The van der Waals surface area contributed by atoms with Crippen molar-refractivity contribution in [2.24, 2.45) is 0 Å². The first-order valence-corrected chi connectivity index (χ1v) is 5.63. The Morgan fingerprint density at radius 3 is 1.69 bits per heavy atom. The zero-order chi connectivity index (χ0) is 9.23. The van der Waals surface area contributed by atoms with Crippen molar-refractivity contribution in [1.29, 1.82) is 0 Å². The predicted octanol–water partition coefficient (Wildman–Crippen LogP) is 3.70. The Labute approximate surface area is 87.6 Å². The van der Waals surface area contributed by atoms with E-state index in [0.717, 1.165) is 25.7 Å². The van der Waals surface area contributed by atoms with Crippen LogP contribution in [0.2, 0.25) is 0 Å². The van der Waals surface area contributed by atoms with Crippen LogP contribution in [0.1, 0.15) is 39.5 Å². The summed E-state index contributed by atoms with van der Waals surface area (Å²) >= 11 is 0. The Kier molecular flexibility index (Phi) is 14.9. The van der Waals surface area contributed by atoms with Gasteiger partial charge in [0.2, 0.25) is 0 Å². The van der Waals surface area contributed by atoms with E-state index in [-0.39, 0.29) is 12.4 Å². The highest BCUT2D eigenvalue weighted by molar-refractivity contribution is 7.33. The van der Waals surface area contributed by atoms with Gasteiger partial charge in [-0.25, -0.2) is 0 Å². The van der Waals surface area contributed by atoms with Gasteiger partial charge in [0.25, 0.3) is 0 Å². The predicted molar refractivity (Wildman–Crippen MR) is 56.6 cm³/mol. The van der Waals surface area contributed by atoms with Gasteiger partial charge >= 0.3 is 8.25 Å². The first kappa shape index (κ1) is 15.8. The average Bonchev–Trinajstić information content (AvgIpc) is 2.06. The minimum Gasteiger partial charge on any atom is -0.147 e. The van der Waals surface area contributed by atoms with Crippen molar-refractivity contribution in [2.45, 2.75) is 39.5 Å². The van der Waals surface area contributed by atoms with Gasteiger partial charge in [-0.2, -0.15) is 0 Å². The van der Waals surface area contributed by atoms with Crippen molar-refractivity contribution >= 4 is 20.7 Å². The molecule has 3 nitrogen and oxygen atoms in total. The highest BCUT2D eigenvalue weighted by Gasteiger charge is 2.18. The van der Waals surface area contributed by atoms with Crippen molar-refractivity contribution in [3.63, 3.8) is 0 Å². The molecular formula is C8H19ClO3P+. The van der Waals surface area contributed by atoms with Gasteiger partial charge in [-0.3, -0.25) is 0 Å². The Morgan fingerprint density at radius 2 is 1.38 bits per heavy atom. The summed E-state index contributed by atoms with van der Waals surface area (Å²) in [7, 11) is -1.85. The van der Waals surface area contributed by atoms with Gasteiger partial charge in [0.15, 0.2) is 0 Å². The summed E-state index contributed by atoms with van der Waals surface area (Å²) in [6, 6.07) is 0. The molecule has 0 saturated heterocycles. The third-order valence-electron chi connectivity index (χ3n) is 1.39. The molecule has 0 amide bonds. The minimum absolute atomic E-state index is 0. The van der Waals surface area contributed by atoms with Gasteiger partial charge in [0.05, 0.1) is 0 Å². The minimum atomic E-state index is -1.85. The first-order valence-electron chi connectivity index (χ1n) is 4.54. The molecule has 80 valence electrons. The van der Waals surface area contributed by atoms with Crippen LogP contribution >= 0.6 is 20.7 Å². The Balaban J connectivity index is 0. The number of rotatable bonds is 8. The number of hydrogen-bond donors (Lipinski definition) is 0. The van der Waals surface area contributed by atoms with E-state index in [4.69, 9.17) is 9.05 Å². The first-order chi connectivity index (χ1) is 5.81. The number of halogens is 1. The standard InChI is InChI=1S/C8H18O3P.ClH/c1-3-5-7-10-12(9)11-8-6-4-2;/h3-8H2,1-2H3;1H/q+1;. The topological polar surface area (TPSA) is 35.5 Å². The molecule has 0 atom stereocenters. The average molecular weight is 230 g/mol. The molecule has 0 heterocycles. The maximum absolute atomic E-state index is 10.9. The van der Waals surface area contributed by atoms with Crippen LogP contribution in [0.15, 0.2) is 0 Å². The van der Waals surface area contributed by atoms with Gasteiger partial charge in [0, 0.05) is 4.57 Å². The van der Waals surface area contributed by atoms with E-state index in [0.29, 0.717) is 13.2 Å². The summed E-state index contributed by atoms with van der Waals surface area (Å²) in [4.78, 5) is 0. The normalized spacial score (nSPS) is 9.38. The Morgan fingerprint density at radius 1 is 1.00 bits per heavy atom. The second-order valence-corrected chi connectivity index (χ2v) is 3.56. The summed E-state index contributed by atoms with van der Waals surface area (Å²) in [5.74, 6) is 0. The van der Waals surface area contributed by atoms with Crippen LogP contribution in [0.3, 0.4) is 0 Å². The summed E-state index contributed by atoms with van der Waals surface area (Å²) in [5, 5.41) is 0. The maximum atomic E-state index is 10.9. The molecule has 0 aromatic rings. The fourth-order valence-corrected chi connectivity index (χ4v) is 1.23. The van der Waals surface area contributed by atoms with E-state index >= 15 is 0 Å². The van der Waals surface area contributed by atoms with Gasteiger partial charge in [-0.1, -0.05) is 26.7 Å². The third kappa shape index (κ3) is 12.3. The van der Waals surface area contributed by atoms with E-state index in [1.165, 1.54) is 0 Å². The molecule has 0 fully saturated rings. The fourth-order valence-electron chi connectivity index (χ4n) is 0.604. The molecule has 0 aliphatic rings. The van der Waals surface area contributed by atoms with Crippen LogP contribution in [-0.4, -0.2) is 13.2 Å². The van der Waals surface area contributed by atoms with Crippen molar-refractivity contribution < 1.29 is 13.6 Å². The molecule has 0 radical (unpaired) electrons.